The molecule has 0 saturated heterocycles. The van der Waals surface area contributed by atoms with Crippen LogP contribution in [0.25, 0.3) is 0 Å². The fraction of sp³-hybridized carbons (Fsp3) is 0.545. The van der Waals surface area contributed by atoms with Gasteiger partial charge in [0.15, 0.2) is 0 Å². The van der Waals surface area contributed by atoms with Gasteiger partial charge in [-0.3, -0.25) is 4.98 Å². The van der Waals surface area contributed by atoms with Gasteiger partial charge in [0.1, 0.15) is 0 Å². The molecule has 1 aromatic rings. The van der Waals surface area contributed by atoms with Crippen molar-refractivity contribution in [3.8, 4) is 0 Å². The number of hydrogen-bond acceptors (Lipinski definition) is 2. The molecule has 72 valence electrons. The van der Waals surface area contributed by atoms with Gasteiger partial charge in [-0.1, -0.05) is 13.0 Å². The van der Waals surface area contributed by atoms with Crippen molar-refractivity contribution in [1.29, 1.82) is 0 Å². The van der Waals surface area contributed by atoms with Crippen LogP contribution < -0.4 is 5.73 Å². The van der Waals surface area contributed by atoms with Crippen molar-refractivity contribution in [2.45, 2.75) is 32.6 Å². The van der Waals surface area contributed by atoms with Crippen molar-refractivity contribution in [3.05, 3.63) is 29.6 Å². The van der Waals surface area contributed by atoms with Gasteiger partial charge in [0, 0.05) is 11.9 Å². The van der Waals surface area contributed by atoms with Gasteiger partial charge in [-0.15, -0.1) is 0 Å². The van der Waals surface area contributed by atoms with E-state index in [2.05, 4.69) is 11.1 Å². The molecule has 13 heavy (non-hydrogen) atoms. The standard InChI is InChI=1S/C9H11N.C2H7N/c1-2-6-9-8(4-1)5-3-7-10-9;1-2-3/h3,5,7H,1-2,4,6H2;2-3H2,1H3. The Morgan fingerprint density at radius 1 is 1.38 bits per heavy atom. The number of aromatic nitrogens is 1. The second-order valence-corrected chi connectivity index (χ2v) is 3.22. The van der Waals surface area contributed by atoms with Crippen LogP contribution >= 0.6 is 0 Å². The highest BCUT2D eigenvalue weighted by Crippen LogP contribution is 2.17. The summed E-state index contributed by atoms with van der Waals surface area (Å²) in [4.78, 5) is 4.32. The third-order valence-electron chi connectivity index (χ3n) is 2.09. The van der Waals surface area contributed by atoms with Crippen molar-refractivity contribution >= 4 is 0 Å². The number of fused-ring (bicyclic) bond motifs is 1. The number of aryl methyl sites for hydroxylation is 2. The summed E-state index contributed by atoms with van der Waals surface area (Å²) in [6.45, 7) is 2.65. The third kappa shape index (κ3) is 3.15. The molecule has 0 unspecified atom stereocenters. The molecule has 0 spiro atoms. The molecule has 1 aromatic heterocycles. The van der Waals surface area contributed by atoms with Gasteiger partial charge in [-0.25, -0.2) is 0 Å². The van der Waals surface area contributed by atoms with Crippen LogP contribution in [-0.4, -0.2) is 11.5 Å². The lowest BCUT2D eigenvalue weighted by molar-refractivity contribution is 0.668. The van der Waals surface area contributed by atoms with Gasteiger partial charge in [0.2, 0.25) is 0 Å². The van der Waals surface area contributed by atoms with Crippen molar-refractivity contribution in [1.82, 2.24) is 4.98 Å². The van der Waals surface area contributed by atoms with Crippen molar-refractivity contribution in [2.75, 3.05) is 6.54 Å². The smallest absolute Gasteiger partial charge is 0.0435 e. The molecule has 0 aromatic carbocycles. The summed E-state index contributed by atoms with van der Waals surface area (Å²) in [7, 11) is 0. The summed E-state index contributed by atoms with van der Waals surface area (Å²) in [5.41, 5.74) is 7.64. The molecule has 1 aliphatic rings. The van der Waals surface area contributed by atoms with Crippen LogP contribution in [0.5, 0.6) is 0 Å². The zero-order valence-electron chi connectivity index (χ0n) is 8.29. The Hall–Kier alpha value is -0.890. The quantitative estimate of drug-likeness (QED) is 0.659. The van der Waals surface area contributed by atoms with Gasteiger partial charge < -0.3 is 5.73 Å². The highest BCUT2D eigenvalue weighted by molar-refractivity contribution is 5.21. The lowest BCUT2D eigenvalue weighted by Gasteiger charge is -2.12. The fourth-order valence-electron chi connectivity index (χ4n) is 1.53. The zero-order valence-corrected chi connectivity index (χ0v) is 8.29. The van der Waals surface area contributed by atoms with Gasteiger partial charge in [0.25, 0.3) is 0 Å². The van der Waals surface area contributed by atoms with Crippen molar-refractivity contribution in [2.24, 2.45) is 5.73 Å². The molecule has 0 amide bonds. The molecule has 0 fully saturated rings. The Morgan fingerprint density at radius 3 is 2.77 bits per heavy atom. The largest absolute Gasteiger partial charge is 0.331 e. The van der Waals surface area contributed by atoms with Crippen molar-refractivity contribution < 1.29 is 0 Å². The van der Waals surface area contributed by atoms with E-state index in [1.807, 2.05) is 19.2 Å². The van der Waals surface area contributed by atoms with E-state index >= 15 is 0 Å². The monoisotopic (exact) mass is 178 g/mol. The van der Waals surface area contributed by atoms with E-state index in [1.165, 1.54) is 36.9 Å². The second-order valence-electron chi connectivity index (χ2n) is 3.22. The number of pyridine rings is 1. The topological polar surface area (TPSA) is 38.9 Å². The van der Waals surface area contributed by atoms with Gasteiger partial charge in [0.05, 0.1) is 0 Å². The SMILES string of the molecule is CCN.c1cnc2c(c1)CCCC2. The maximum absolute atomic E-state index is 4.85. The maximum atomic E-state index is 4.85. The minimum atomic E-state index is 0.750. The molecule has 0 aliphatic heterocycles. The molecule has 2 rings (SSSR count). The van der Waals surface area contributed by atoms with Crippen LogP contribution in [0.3, 0.4) is 0 Å². The zero-order chi connectivity index (χ0) is 9.52. The molecule has 0 radical (unpaired) electrons. The van der Waals surface area contributed by atoms with Crippen LogP contribution in [0.15, 0.2) is 18.3 Å². The Kier molecular flexibility index (Phi) is 4.47. The average Bonchev–Trinajstić information content (AvgIpc) is 2.19. The number of hydrogen-bond donors (Lipinski definition) is 1. The molecule has 0 saturated carbocycles. The summed E-state index contributed by atoms with van der Waals surface area (Å²) in [5, 5.41) is 0. The summed E-state index contributed by atoms with van der Waals surface area (Å²) < 4.78 is 0. The van der Waals surface area contributed by atoms with E-state index in [9.17, 15) is 0 Å². The fourth-order valence-corrected chi connectivity index (χ4v) is 1.53. The number of nitrogens with zero attached hydrogens (tertiary/aromatic N) is 1. The molecule has 2 nitrogen and oxygen atoms in total. The first-order valence-corrected chi connectivity index (χ1v) is 5.01. The first kappa shape index (κ1) is 10.2. The van der Waals surface area contributed by atoms with Gasteiger partial charge in [-0.2, -0.15) is 0 Å². The molecular weight excluding hydrogens is 160 g/mol. The van der Waals surface area contributed by atoms with E-state index in [1.54, 1.807) is 0 Å². The summed E-state index contributed by atoms with van der Waals surface area (Å²) >= 11 is 0. The average molecular weight is 178 g/mol. The predicted octanol–water partition coefficient (Wildman–Crippen LogP) is 1.93. The van der Waals surface area contributed by atoms with Crippen molar-refractivity contribution in [3.63, 3.8) is 0 Å². The van der Waals surface area contributed by atoms with Crippen LogP contribution in [-0.2, 0) is 12.8 Å². The molecule has 0 bridgehead atoms. The molecule has 2 heteroatoms. The highest BCUT2D eigenvalue weighted by Gasteiger charge is 2.07. The van der Waals surface area contributed by atoms with E-state index in [4.69, 9.17) is 5.73 Å². The molecular formula is C11H18N2. The van der Waals surface area contributed by atoms with E-state index in [0.717, 1.165) is 6.54 Å². The second kappa shape index (κ2) is 5.70. The number of rotatable bonds is 0. The molecule has 1 heterocycles. The highest BCUT2D eigenvalue weighted by atomic mass is 14.7. The molecule has 2 N–H and O–H groups in total. The summed E-state index contributed by atoms with van der Waals surface area (Å²) in [5.74, 6) is 0. The molecule has 1 aliphatic carbocycles. The minimum Gasteiger partial charge on any atom is -0.331 e. The first-order chi connectivity index (χ1) is 6.38. The van der Waals surface area contributed by atoms with Crippen LogP contribution in [0.2, 0.25) is 0 Å². The predicted molar refractivity (Wildman–Crippen MR) is 55.6 cm³/mol. The van der Waals surface area contributed by atoms with E-state index in [-0.39, 0.29) is 0 Å². The summed E-state index contributed by atoms with van der Waals surface area (Å²) in [6.07, 6.45) is 6.99. The lowest BCUT2D eigenvalue weighted by atomic mass is 9.96. The lowest BCUT2D eigenvalue weighted by Crippen LogP contribution is -2.03. The van der Waals surface area contributed by atoms with Gasteiger partial charge in [-0.05, 0) is 43.9 Å². The van der Waals surface area contributed by atoms with E-state index < -0.39 is 0 Å². The van der Waals surface area contributed by atoms with Crippen LogP contribution in [0, 0.1) is 0 Å². The van der Waals surface area contributed by atoms with Crippen LogP contribution in [0.4, 0.5) is 0 Å². The summed E-state index contributed by atoms with van der Waals surface area (Å²) in [6, 6.07) is 4.23. The minimum absolute atomic E-state index is 0.750. The Morgan fingerprint density at radius 2 is 2.08 bits per heavy atom. The normalized spacial score (nSPS) is 14.0. The Balaban J connectivity index is 0.000000251. The first-order valence-electron chi connectivity index (χ1n) is 5.01. The van der Waals surface area contributed by atoms with Crippen LogP contribution in [0.1, 0.15) is 31.0 Å². The number of nitrogens with two attached hydrogens (primary N) is 1. The Bertz CT molecular complexity index is 221. The van der Waals surface area contributed by atoms with E-state index in [0.29, 0.717) is 0 Å². The molecule has 0 atom stereocenters. The maximum Gasteiger partial charge on any atom is 0.0435 e. The Labute approximate surface area is 80.2 Å². The third-order valence-corrected chi connectivity index (χ3v) is 2.09. The van der Waals surface area contributed by atoms with Gasteiger partial charge >= 0.3 is 0 Å².